The van der Waals surface area contributed by atoms with Gasteiger partial charge in [-0.2, -0.15) is 0 Å². The summed E-state index contributed by atoms with van der Waals surface area (Å²) in [5.41, 5.74) is 6.01. The van der Waals surface area contributed by atoms with Crippen LogP contribution in [0.2, 0.25) is 0 Å². The van der Waals surface area contributed by atoms with Crippen molar-refractivity contribution >= 4 is 44.1 Å². The third-order valence-electron chi connectivity index (χ3n) is 4.47. The molecule has 4 rings (SSSR count). The van der Waals surface area contributed by atoms with Crippen molar-refractivity contribution in [2.75, 3.05) is 29.0 Å². The second-order valence-electron chi connectivity index (χ2n) is 6.54. The largest absolute Gasteiger partial charge is 0.384 e. The average molecular weight is 397 g/mol. The number of hydrogen-bond donors (Lipinski definition) is 2. The number of anilines is 4. The number of halogens is 1. The molecule has 1 aliphatic heterocycles. The van der Waals surface area contributed by atoms with E-state index >= 15 is 0 Å². The van der Waals surface area contributed by atoms with Crippen LogP contribution >= 0.6 is 11.3 Å². The highest BCUT2D eigenvalue weighted by Crippen LogP contribution is 2.36. The average Bonchev–Trinajstić information content (AvgIpc) is 3.16. The van der Waals surface area contributed by atoms with Gasteiger partial charge in [-0.25, -0.2) is 24.3 Å². The van der Waals surface area contributed by atoms with Gasteiger partial charge in [-0.1, -0.05) is 24.2 Å². The molecule has 0 aromatic carbocycles. The van der Waals surface area contributed by atoms with E-state index in [9.17, 15) is 4.39 Å². The highest BCUT2D eigenvalue weighted by Gasteiger charge is 2.23. The van der Waals surface area contributed by atoms with Gasteiger partial charge in [0.2, 0.25) is 0 Å². The van der Waals surface area contributed by atoms with Crippen LogP contribution in [-0.4, -0.2) is 33.0 Å². The van der Waals surface area contributed by atoms with Crippen LogP contribution in [0.4, 0.5) is 27.0 Å². The molecule has 4 heterocycles. The molecule has 3 N–H and O–H groups in total. The Balaban J connectivity index is 1.65. The second-order valence-corrected chi connectivity index (χ2v) is 7.52. The van der Waals surface area contributed by atoms with E-state index in [-0.39, 0.29) is 0 Å². The van der Waals surface area contributed by atoms with E-state index in [0.29, 0.717) is 33.6 Å². The van der Waals surface area contributed by atoms with Crippen molar-refractivity contribution in [1.29, 1.82) is 0 Å². The van der Waals surface area contributed by atoms with Gasteiger partial charge >= 0.3 is 0 Å². The Labute approximate surface area is 166 Å². The maximum Gasteiger partial charge on any atom is 0.186 e. The molecule has 0 bridgehead atoms. The molecule has 0 spiro atoms. The van der Waals surface area contributed by atoms with Crippen molar-refractivity contribution in [1.82, 2.24) is 19.9 Å². The van der Waals surface area contributed by atoms with Gasteiger partial charge in [0.25, 0.3) is 0 Å². The number of hydrogen-bond acceptors (Lipinski definition) is 8. The number of nitrogen functional groups attached to an aromatic ring is 1. The number of aromatic nitrogens is 4. The number of rotatable bonds is 3. The number of fused-ring (bicyclic) bond motifs is 1. The van der Waals surface area contributed by atoms with Gasteiger partial charge in [-0.05, 0) is 12.8 Å². The van der Waals surface area contributed by atoms with E-state index < -0.39 is 5.82 Å². The number of piperidine rings is 1. The monoisotopic (exact) mass is 397 g/mol. The zero-order valence-corrected chi connectivity index (χ0v) is 16.3. The second kappa shape index (κ2) is 7.94. The van der Waals surface area contributed by atoms with Crippen LogP contribution in [0, 0.1) is 23.6 Å². The predicted octanol–water partition coefficient (Wildman–Crippen LogP) is 3.58. The van der Waals surface area contributed by atoms with Crippen molar-refractivity contribution in [3.8, 4) is 11.8 Å². The first-order valence-electron chi connectivity index (χ1n) is 9.17. The van der Waals surface area contributed by atoms with E-state index in [1.54, 1.807) is 6.07 Å². The van der Waals surface area contributed by atoms with Gasteiger partial charge in [0.05, 0.1) is 6.20 Å². The van der Waals surface area contributed by atoms with Gasteiger partial charge in [0, 0.05) is 31.5 Å². The standard InChI is InChI=1S/C19H20FN7S/c1-2-3-5-12-6-4-7-27(10-12)19-26-16-13(20)9-22-18(17(16)28-19)25-15-8-14(21)23-11-24-15/h8-9,11-12H,2,4,6-7,10H2,1H3,(H3,21,22,23,24,25)/t12-/m0/s1. The maximum absolute atomic E-state index is 14.4. The first kappa shape index (κ1) is 18.4. The van der Waals surface area contributed by atoms with Gasteiger partial charge < -0.3 is 16.0 Å². The number of nitrogens with one attached hydrogen (secondary N) is 1. The molecular formula is C19H20FN7S. The first-order chi connectivity index (χ1) is 13.6. The summed E-state index contributed by atoms with van der Waals surface area (Å²) in [7, 11) is 0. The summed E-state index contributed by atoms with van der Waals surface area (Å²) < 4.78 is 15.0. The van der Waals surface area contributed by atoms with E-state index in [1.165, 1.54) is 23.9 Å². The fourth-order valence-electron chi connectivity index (χ4n) is 3.17. The lowest BCUT2D eigenvalue weighted by Gasteiger charge is -2.29. The molecule has 9 heteroatoms. The van der Waals surface area contributed by atoms with Crippen LogP contribution in [0.25, 0.3) is 10.2 Å². The molecule has 144 valence electrons. The summed E-state index contributed by atoms with van der Waals surface area (Å²) >= 11 is 1.42. The van der Waals surface area contributed by atoms with Crippen molar-refractivity contribution < 1.29 is 4.39 Å². The SMILES string of the molecule is CCC#C[C@H]1CCCN(c2nc3c(F)cnc(Nc4cc(N)ncn4)c3s2)C1. The summed E-state index contributed by atoms with van der Waals surface area (Å²) in [5.74, 6) is 7.72. The van der Waals surface area contributed by atoms with E-state index in [1.807, 2.05) is 0 Å². The molecule has 1 fully saturated rings. The molecular weight excluding hydrogens is 377 g/mol. The number of thiazole rings is 1. The van der Waals surface area contributed by atoms with Crippen molar-refractivity contribution in [2.45, 2.75) is 26.2 Å². The Hall–Kier alpha value is -2.99. The quantitative estimate of drug-likeness (QED) is 0.653. The Morgan fingerprint density at radius 2 is 2.29 bits per heavy atom. The molecule has 1 aliphatic rings. The maximum atomic E-state index is 14.4. The zero-order chi connectivity index (χ0) is 19.5. The Morgan fingerprint density at radius 3 is 3.11 bits per heavy atom. The normalized spacial score (nSPS) is 16.6. The lowest BCUT2D eigenvalue weighted by atomic mass is 9.99. The minimum absolute atomic E-state index is 0.307. The van der Waals surface area contributed by atoms with Crippen LogP contribution in [0.3, 0.4) is 0 Å². The summed E-state index contributed by atoms with van der Waals surface area (Å²) in [4.78, 5) is 18.9. The van der Waals surface area contributed by atoms with Gasteiger partial charge in [-0.3, -0.25) is 0 Å². The molecule has 0 saturated carbocycles. The molecule has 0 aliphatic carbocycles. The smallest absolute Gasteiger partial charge is 0.186 e. The fraction of sp³-hybridized carbons (Fsp3) is 0.368. The summed E-state index contributed by atoms with van der Waals surface area (Å²) in [6.45, 7) is 3.76. The topological polar surface area (TPSA) is 92.9 Å². The third-order valence-corrected chi connectivity index (χ3v) is 5.60. The van der Waals surface area contributed by atoms with Crippen LogP contribution in [0.5, 0.6) is 0 Å². The van der Waals surface area contributed by atoms with Crippen molar-refractivity contribution in [3.63, 3.8) is 0 Å². The Kier molecular flexibility index (Phi) is 5.21. The van der Waals surface area contributed by atoms with Gasteiger partial charge in [0.15, 0.2) is 16.8 Å². The van der Waals surface area contributed by atoms with E-state index in [0.717, 1.165) is 37.5 Å². The Bertz CT molecular complexity index is 1060. The summed E-state index contributed by atoms with van der Waals surface area (Å²) in [6, 6.07) is 1.60. The van der Waals surface area contributed by atoms with Crippen LogP contribution in [0.1, 0.15) is 26.2 Å². The number of nitrogens with zero attached hydrogens (tertiary/aromatic N) is 5. The Morgan fingerprint density at radius 1 is 1.39 bits per heavy atom. The highest BCUT2D eigenvalue weighted by molar-refractivity contribution is 7.22. The predicted molar refractivity (Wildman–Crippen MR) is 110 cm³/mol. The molecule has 7 nitrogen and oxygen atoms in total. The molecule has 1 saturated heterocycles. The highest BCUT2D eigenvalue weighted by atomic mass is 32.1. The minimum atomic E-state index is -0.440. The number of nitrogens with two attached hydrogens (primary N) is 1. The first-order valence-corrected chi connectivity index (χ1v) is 9.98. The van der Waals surface area contributed by atoms with E-state index in [4.69, 9.17) is 5.73 Å². The molecule has 0 amide bonds. The lowest BCUT2D eigenvalue weighted by molar-refractivity contribution is 0.497. The molecule has 0 radical (unpaired) electrons. The molecule has 3 aromatic heterocycles. The third kappa shape index (κ3) is 3.82. The minimum Gasteiger partial charge on any atom is -0.384 e. The van der Waals surface area contributed by atoms with E-state index in [2.05, 4.69) is 48.9 Å². The molecule has 1 atom stereocenters. The van der Waals surface area contributed by atoms with Crippen LogP contribution in [-0.2, 0) is 0 Å². The van der Waals surface area contributed by atoms with Crippen LogP contribution < -0.4 is 16.0 Å². The lowest BCUT2D eigenvalue weighted by Crippen LogP contribution is -2.34. The van der Waals surface area contributed by atoms with Gasteiger partial charge in [-0.15, -0.1) is 5.92 Å². The summed E-state index contributed by atoms with van der Waals surface area (Å²) in [5, 5.41) is 3.88. The van der Waals surface area contributed by atoms with Crippen molar-refractivity contribution in [3.05, 3.63) is 24.4 Å². The number of pyridine rings is 1. The van der Waals surface area contributed by atoms with Crippen LogP contribution in [0.15, 0.2) is 18.6 Å². The molecule has 28 heavy (non-hydrogen) atoms. The zero-order valence-electron chi connectivity index (χ0n) is 15.4. The van der Waals surface area contributed by atoms with Gasteiger partial charge in [0.1, 0.15) is 28.2 Å². The van der Waals surface area contributed by atoms with Crippen molar-refractivity contribution in [2.24, 2.45) is 5.92 Å². The fourth-order valence-corrected chi connectivity index (χ4v) is 4.23. The molecule has 0 unspecified atom stereocenters. The summed E-state index contributed by atoms with van der Waals surface area (Å²) in [6.07, 6.45) is 5.53. The molecule has 3 aromatic rings.